The van der Waals surface area contributed by atoms with Crippen molar-refractivity contribution in [1.29, 1.82) is 0 Å². The van der Waals surface area contributed by atoms with Gasteiger partial charge in [0.05, 0.1) is 6.26 Å². The van der Waals surface area contributed by atoms with Crippen molar-refractivity contribution in [3.05, 3.63) is 61.1 Å². The number of rotatable bonds is 1. The van der Waals surface area contributed by atoms with Crippen LogP contribution in [-0.4, -0.2) is 0 Å². The molecule has 1 radical (unpaired) electrons. The van der Waals surface area contributed by atoms with Gasteiger partial charge in [0.2, 0.25) is 0 Å². The van der Waals surface area contributed by atoms with Crippen LogP contribution in [-0.2, 0) is 0 Å². The number of furan rings is 1. The van der Waals surface area contributed by atoms with Gasteiger partial charge < -0.3 is 4.42 Å². The molecular formula is C14H9O. The van der Waals surface area contributed by atoms with Crippen LogP contribution in [0.2, 0.25) is 0 Å². The average Bonchev–Trinajstić information content (AvgIpc) is 2.78. The topological polar surface area (TPSA) is 13.1 Å². The molecule has 1 heteroatoms. The number of hydrogen-bond acceptors (Lipinski definition) is 1. The summed E-state index contributed by atoms with van der Waals surface area (Å²) in [6.07, 6.45) is 4.60. The summed E-state index contributed by atoms with van der Waals surface area (Å²) in [6, 6.07) is 16.4. The largest absolute Gasteiger partial charge is 0.460 e. The van der Waals surface area contributed by atoms with Crippen LogP contribution in [0, 0.1) is 6.26 Å². The highest BCUT2D eigenvalue weighted by atomic mass is 16.3. The molecule has 1 aromatic heterocycles. The molecule has 0 N–H and O–H groups in total. The number of hydrogen-bond donors (Lipinski definition) is 0. The van der Waals surface area contributed by atoms with Crippen LogP contribution in [0.1, 0.15) is 0 Å². The van der Waals surface area contributed by atoms with Gasteiger partial charge in [0.25, 0.3) is 0 Å². The van der Waals surface area contributed by atoms with E-state index in [0.717, 1.165) is 10.8 Å². The van der Waals surface area contributed by atoms with Crippen molar-refractivity contribution in [2.75, 3.05) is 0 Å². The van der Waals surface area contributed by atoms with Gasteiger partial charge in [-0.3, -0.25) is 0 Å². The Morgan fingerprint density at radius 3 is 2.60 bits per heavy atom. The van der Waals surface area contributed by atoms with Crippen LogP contribution in [0.5, 0.6) is 0 Å². The Morgan fingerprint density at radius 1 is 0.867 bits per heavy atom. The van der Waals surface area contributed by atoms with Crippen LogP contribution in [0.4, 0.5) is 0 Å². The lowest BCUT2D eigenvalue weighted by Crippen LogP contribution is -1.77. The minimum absolute atomic E-state index is 1.02. The maximum Gasteiger partial charge on any atom is 0.177 e. The standard InChI is InChI=1S/C14H9O/c1-2-5-11(6-3-1)13-8-4-7-12-9-15-10-14(12)13/h1-8,10H. The Kier molecular flexibility index (Phi) is 1.82. The second-order valence-electron chi connectivity index (χ2n) is 3.47. The summed E-state index contributed by atoms with van der Waals surface area (Å²) >= 11 is 0. The van der Waals surface area contributed by atoms with Crippen LogP contribution in [0.25, 0.3) is 21.9 Å². The minimum atomic E-state index is 1.02. The smallest absolute Gasteiger partial charge is 0.177 e. The monoisotopic (exact) mass is 193 g/mol. The fourth-order valence-electron chi connectivity index (χ4n) is 1.80. The molecule has 0 amide bonds. The van der Waals surface area contributed by atoms with E-state index < -0.39 is 0 Å². The van der Waals surface area contributed by atoms with E-state index in [1.807, 2.05) is 30.3 Å². The molecule has 0 unspecified atom stereocenters. The fourth-order valence-corrected chi connectivity index (χ4v) is 1.80. The first-order valence-corrected chi connectivity index (χ1v) is 4.88. The number of fused-ring (bicyclic) bond motifs is 1. The van der Waals surface area contributed by atoms with Crippen molar-refractivity contribution < 1.29 is 4.42 Å². The van der Waals surface area contributed by atoms with Crippen LogP contribution < -0.4 is 0 Å². The molecule has 0 aliphatic heterocycles. The van der Waals surface area contributed by atoms with Gasteiger partial charge in [0.1, 0.15) is 0 Å². The maximum absolute atomic E-state index is 5.10. The molecule has 15 heavy (non-hydrogen) atoms. The van der Waals surface area contributed by atoms with Crippen molar-refractivity contribution in [3.8, 4) is 11.1 Å². The lowest BCUT2D eigenvalue weighted by molar-refractivity contribution is 0.563. The lowest BCUT2D eigenvalue weighted by atomic mass is 10.0. The second kappa shape index (κ2) is 3.28. The molecule has 3 aromatic rings. The molecule has 71 valence electrons. The summed E-state index contributed by atoms with van der Waals surface area (Å²) in [6.45, 7) is 0. The molecule has 0 bridgehead atoms. The van der Waals surface area contributed by atoms with Crippen molar-refractivity contribution in [2.24, 2.45) is 0 Å². The molecule has 1 nitrogen and oxygen atoms in total. The third-order valence-corrected chi connectivity index (χ3v) is 2.54. The number of benzene rings is 2. The Hall–Kier alpha value is -2.02. The predicted molar refractivity (Wildman–Crippen MR) is 60.5 cm³/mol. The van der Waals surface area contributed by atoms with Crippen molar-refractivity contribution >= 4 is 10.8 Å². The van der Waals surface area contributed by atoms with Crippen molar-refractivity contribution in [2.45, 2.75) is 0 Å². The summed E-state index contributed by atoms with van der Waals surface area (Å²) < 4.78 is 5.10. The Balaban J connectivity index is 2.31. The van der Waals surface area contributed by atoms with Gasteiger partial charge in [-0.15, -0.1) is 0 Å². The summed E-state index contributed by atoms with van der Waals surface area (Å²) in [7, 11) is 0. The summed E-state index contributed by atoms with van der Waals surface area (Å²) in [5.41, 5.74) is 2.40. The maximum atomic E-state index is 5.10. The quantitative estimate of drug-likeness (QED) is 0.571. The van der Waals surface area contributed by atoms with Crippen LogP contribution >= 0.6 is 0 Å². The summed E-state index contributed by atoms with van der Waals surface area (Å²) in [5.74, 6) is 0. The first-order chi connectivity index (χ1) is 7.45. The molecule has 2 aromatic carbocycles. The average molecular weight is 193 g/mol. The predicted octanol–water partition coefficient (Wildman–Crippen LogP) is 3.90. The Labute approximate surface area is 88.0 Å². The van der Waals surface area contributed by atoms with Crippen LogP contribution in [0.3, 0.4) is 0 Å². The van der Waals surface area contributed by atoms with Gasteiger partial charge in [0, 0.05) is 10.8 Å². The van der Waals surface area contributed by atoms with E-state index in [0.29, 0.717) is 0 Å². The summed E-state index contributed by atoms with van der Waals surface area (Å²) in [4.78, 5) is 0. The molecule has 0 aliphatic carbocycles. The van der Waals surface area contributed by atoms with E-state index in [2.05, 4.69) is 24.5 Å². The molecule has 0 fully saturated rings. The van der Waals surface area contributed by atoms with E-state index in [9.17, 15) is 0 Å². The zero-order chi connectivity index (χ0) is 10.1. The molecule has 0 saturated heterocycles. The zero-order valence-electron chi connectivity index (χ0n) is 8.10. The molecule has 3 rings (SSSR count). The minimum Gasteiger partial charge on any atom is -0.460 e. The zero-order valence-corrected chi connectivity index (χ0v) is 8.10. The SMILES string of the molecule is [c]1occ2c(-c3ccccc3)cccc12. The van der Waals surface area contributed by atoms with E-state index >= 15 is 0 Å². The van der Waals surface area contributed by atoms with E-state index in [-0.39, 0.29) is 0 Å². The third kappa shape index (κ3) is 1.33. The molecule has 0 spiro atoms. The van der Waals surface area contributed by atoms with Crippen molar-refractivity contribution in [1.82, 2.24) is 0 Å². The molecule has 0 aliphatic rings. The third-order valence-electron chi connectivity index (χ3n) is 2.54. The lowest BCUT2D eigenvalue weighted by Gasteiger charge is -2.01. The van der Waals surface area contributed by atoms with E-state index in [1.54, 1.807) is 6.26 Å². The van der Waals surface area contributed by atoms with Gasteiger partial charge in [-0.05, 0) is 11.1 Å². The highest BCUT2D eigenvalue weighted by molar-refractivity contribution is 5.95. The van der Waals surface area contributed by atoms with E-state index in [1.165, 1.54) is 11.1 Å². The van der Waals surface area contributed by atoms with Gasteiger partial charge in [-0.25, -0.2) is 0 Å². The normalized spacial score (nSPS) is 10.7. The second-order valence-corrected chi connectivity index (χ2v) is 3.47. The van der Waals surface area contributed by atoms with Gasteiger partial charge in [0.15, 0.2) is 6.26 Å². The van der Waals surface area contributed by atoms with Gasteiger partial charge in [-0.2, -0.15) is 0 Å². The first-order valence-electron chi connectivity index (χ1n) is 4.88. The summed E-state index contributed by atoms with van der Waals surface area (Å²) in [5, 5.41) is 2.14. The Morgan fingerprint density at radius 2 is 1.73 bits per heavy atom. The molecule has 0 atom stereocenters. The van der Waals surface area contributed by atoms with Gasteiger partial charge >= 0.3 is 0 Å². The molecule has 0 saturated carbocycles. The molecular weight excluding hydrogens is 184 g/mol. The van der Waals surface area contributed by atoms with Gasteiger partial charge in [-0.1, -0.05) is 48.5 Å². The van der Waals surface area contributed by atoms with Crippen molar-refractivity contribution in [3.63, 3.8) is 0 Å². The highest BCUT2D eigenvalue weighted by Crippen LogP contribution is 2.28. The Bertz CT molecular complexity index is 578. The fraction of sp³-hybridized carbons (Fsp3) is 0. The molecule has 1 heterocycles. The highest BCUT2D eigenvalue weighted by Gasteiger charge is 2.04. The van der Waals surface area contributed by atoms with Crippen LogP contribution in [0.15, 0.2) is 59.2 Å². The van der Waals surface area contributed by atoms with E-state index in [4.69, 9.17) is 4.42 Å². The first kappa shape index (κ1) is 8.30.